The van der Waals surface area contributed by atoms with Gasteiger partial charge in [-0.15, -0.1) is 0 Å². The summed E-state index contributed by atoms with van der Waals surface area (Å²) in [7, 11) is 0. The molecule has 1 aliphatic rings. The largest absolute Gasteiger partial charge is 0.353 e. The highest BCUT2D eigenvalue weighted by Crippen LogP contribution is 2.03. The molecule has 0 atom stereocenters. The summed E-state index contributed by atoms with van der Waals surface area (Å²) >= 11 is 0. The van der Waals surface area contributed by atoms with E-state index in [4.69, 9.17) is 0 Å². The molecule has 1 aromatic rings. The van der Waals surface area contributed by atoms with Crippen LogP contribution in [0.1, 0.15) is 18.4 Å². The Hall–Kier alpha value is -1.42. The van der Waals surface area contributed by atoms with Gasteiger partial charge in [0.05, 0.1) is 6.42 Å². The number of piperidine rings is 1. The number of hydrogen-bond donors (Lipinski definition) is 2. The lowest BCUT2D eigenvalue weighted by molar-refractivity contribution is -0.121. The molecule has 2 N–H and O–H groups in total. The molecule has 1 amide bonds. The Kier molecular flexibility index (Phi) is 3.88. The standard InChI is InChI=1S/C12H17N3O/c16-12(9-10-1-5-13-6-2-10)15-11-3-7-14-8-4-11/h1-2,5-6,11,14H,3-4,7-9H2,(H,15,16). The maximum absolute atomic E-state index is 11.7. The molecule has 0 spiro atoms. The fraction of sp³-hybridized carbons (Fsp3) is 0.500. The number of carbonyl (C=O) groups excluding carboxylic acids is 1. The minimum Gasteiger partial charge on any atom is -0.353 e. The summed E-state index contributed by atoms with van der Waals surface area (Å²) in [6, 6.07) is 4.10. The first kappa shape index (κ1) is 11.1. The molecule has 86 valence electrons. The lowest BCUT2D eigenvalue weighted by Gasteiger charge is -2.23. The molecule has 4 heteroatoms. The zero-order valence-electron chi connectivity index (χ0n) is 9.28. The molecule has 0 aliphatic carbocycles. The Bertz CT molecular complexity index is 333. The average Bonchev–Trinajstić information content (AvgIpc) is 2.31. The van der Waals surface area contributed by atoms with E-state index in [1.54, 1.807) is 12.4 Å². The first-order valence-corrected chi connectivity index (χ1v) is 5.73. The number of rotatable bonds is 3. The van der Waals surface area contributed by atoms with Gasteiger partial charge in [-0.05, 0) is 43.6 Å². The molecular formula is C12H17N3O. The van der Waals surface area contributed by atoms with Crippen molar-refractivity contribution < 1.29 is 4.79 Å². The van der Waals surface area contributed by atoms with E-state index in [1.165, 1.54) is 0 Å². The van der Waals surface area contributed by atoms with Crippen molar-refractivity contribution in [1.29, 1.82) is 0 Å². The third-order valence-corrected chi connectivity index (χ3v) is 2.82. The van der Waals surface area contributed by atoms with E-state index in [2.05, 4.69) is 15.6 Å². The molecule has 0 bridgehead atoms. The van der Waals surface area contributed by atoms with Gasteiger partial charge in [0.1, 0.15) is 0 Å². The Morgan fingerprint density at radius 1 is 1.38 bits per heavy atom. The lowest BCUT2D eigenvalue weighted by Crippen LogP contribution is -2.43. The Labute approximate surface area is 95.5 Å². The van der Waals surface area contributed by atoms with Crippen molar-refractivity contribution in [2.45, 2.75) is 25.3 Å². The molecule has 1 fully saturated rings. The average molecular weight is 219 g/mol. The molecule has 0 aromatic carbocycles. The molecule has 1 aliphatic heterocycles. The van der Waals surface area contributed by atoms with Gasteiger partial charge >= 0.3 is 0 Å². The maximum Gasteiger partial charge on any atom is 0.224 e. The number of nitrogens with one attached hydrogen (secondary N) is 2. The van der Waals surface area contributed by atoms with Crippen LogP contribution in [0.15, 0.2) is 24.5 Å². The van der Waals surface area contributed by atoms with Gasteiger partial charge in [-0.1, -0.05) is 0 Å². The highest BCUT2D eigenvalue weighted by atomic mass is 16.1. The minimum atomic E-state index is 0.109. The second-order valence-corrected chi connectivity index (χ2v) is 4.12. The number of pyridine rings is 1. The first-order valence-electron chi connectivity index (χ1n) is 5.73. The van der Waals surface area contributed by atoms with Crippen molar-refractivity contribution in [2.24, 2.45) is 0 Å². The summed E-state index contributed by atoms with van der Waals surface area (Å²) in [6.45, 7) is 2.00. The van der Waals surface area contributed by atoms with Crippen LogP contribution in [0, 0.1) is 0 Å². The van der Waals surface area contributed by atoms with Crippen LogP contribution in [0.4, 0.5) is 0 Å². The van der Waals surface area contributed by atoms with Gasteiger partial charge < -0.3 is 10.6 Å². The number of aromatic nitrogens is 1. The summed E-state index contributed by atoms with van der Waals surface area (Å²) in [5, 5.41) is 6.35. The van der Waals surface area contributed by atoms with Gasteiger partial charge in [0, 0.05) is 18.4 Å². The smallest absolute Gasteiger partial charge is 0.224 e. The van der Waals surface area contributed by atoms with E-state index in [1.807, 2.05) is 12.1 Å². The van der Waals surface area contributed by atoms with Crippen LogP contribution in [0.5, 0.6) is 0 Å². The Morgan fingerprint density at radius 2 is 2.06 bits per heavy atom. The van der Waals surface area contributed by atoms with Crippen LogP contribution in [0.3, 0.4) is 0 Å². The van der Waals surface area contributed by atoms with Crippen LogP contribution in [-0.4, -0.2) is 30.0 Å². The molecular weight excluding hydrogens is 202 g/mol. The number of hydrogen-bond acceptors (Lipinski definition) is 3. The third kappa shape index (κ3) is 3.31. The zero-order valence-corrected chi connectivity index (χ0v) is 9.28. The minimum absolute atomic E-state index is 0.109. The van der Waals surface area contributed by atoms with Gasteiger partial charge in [-0.25, -0.2) is 0 Å². The van der Waals surface area contributed by atoms with E-state index in [0.29, 0.717) is 12.5 Å². The summed E-state index contributed by atoms with van der Waals surface area (Å²) in [6.07, 6.45) is 5.94. The fourth-order valence-electron chi connectivity index (χ4n) is 1.93. The molecule has 2 heterocycles. The topological polar surface area (TPSA) is 54.0 Å². The molecule has 16 heavy (non-hydrogen) atoms. The van der Waals surface area contributed by atoms with Crippen LogP contribution in [0.2, 0.25) is 0 Å². The maximum atomic E-state index is 11.7. The molecule has 0 radical (unpaired) electrons. The SMILES string of the molecule is O=C(Cc1ccncc1)NC1CCNCC1. The summed E-state index contributed by atoms with van der Waals surface area (Å²) in [5.41, 5.74) is 1.02. The van der Waals surface area contributed by atoms with Gasteiger partial charge in [-0.2, -0.15) is 0 Å². The van der Waals surface area contributed by atoms with Crippen molar-refractivity contribution in [2.75, 3.05) is 13.1 Å². The van der Waals surface area contributed by atoms with Crippen molar-refractivity contribution >= 4 is 5.91 Å². The van der Waals surface area contributed by atoms with Gasteiger partial charge in [-0.3, -0.25) is 9.78 Å². The predicted molar refractivity (Wildman–Crippen MR) is 62.0 cm³/mol. The van der Waals surface area contributed by atoms with E-state index >= 15 is 0 Å². The van der Waals surface area contributed by atoms with E-state index in [9.17, 15) is 4.79 Å². The highest BCUT2D eigenvalue weighted by Gasteiger charge is 2.15. The zero-order chi connectivity index (χ0) is 11.2. The van der Waals surface area contributed by atoms with Gasteiger partial charge in [0.15, 0.2) is 0 Å². The first-order chi connectivity index (χ1) is 7.84. The Morgan fingerprint density at radius 3 is 2.75 bits per heavy atom. The van der Waals surface area contributed by atoms with E-state index < -0.39 is 0 Å². The fourth-order valence-corrected chi connectivity index (χ4v) is 1.93. The van der Waals surface area contributed by atoms with Gasteiger partial charge in [0.2, 0.25) is 5.91 Å². The van der Waals surface area contributed by atoms with Crippen molar-refractivity contribution in [3.63, 3.8) is 0 Å². The number of carbonyl (C=O) groups is 1. The van der Waals surface area contributed by atoms with Crippen LogP contribution in [-0.2, 0) is 11.2 Å². The second-order valence-electron chi connectivity index (χ2n) is 4.12. The molecule has 4 nitrogen and oxygen atoms in total. The molecule has 1 aromatic heterocycles. The predicted octanol–water partition coefficient (Wildman–Crippen LogP) is 0.492. The molecule has 0 unspecified atom stereocenters. The molecule has 1 saturated heterocycles. The lowest BCUT2D eigenvalue weighted by atomic mass is 10.1. The normalized spacial score (nSPS) is 17.0. The monoisotopic (exact) mass is 219 g/mol. The highest BCUT2D eigenvalue weighted by molar-refractivity contribution is 5.78. The number of amides is 1. The molecule has 2 rings (SSSR count). The summed E-state index contributed by atoms with van der Waals surface area (Å²) in [5.74, 6) is 0.109. The summed E-state index contributed by atoms with van der Waals surface area (Å²) in [4.78, 5) is 15.7. The molecule has 0 saturated carbocycles. The van der Waals surface area contributed by atoms with Crippen molar-refractivity contribution in [1.82, 2.24) is 15.6 Å². The van der Waals surface area contributed by atoms with Crippen molar-refractivity contribution in [3.8, 4) is 0 Å². The van der Waals surface area contributed by atoms with E-state index in [0.717, 1.165) is 31.5 Å². The van der Waals surface area contributed by atoms with Gasteiger partial charge in [0.25, 0.3) is 0 Å². The quantitative estimate of drug-likeness (QED) is 0.778. The summed E-state index contributed by atoms with van der Waals surface area (Å²) < 4.78 is 0. The third-order valence-electron chi connectivity index (χ3n) is 2.82. The van der Waals surface area contributed by atoms with Crippen LogP contribution >= 0.6 is 0 Å². The second kappa shape index (κ2) is 5.61. The number of nitrogens with zero attached hydrogens (tertiary/aromatic N) is 1. The van der Waals surface area contributed by atoms with E-state index in [-0.39, 0.29) is 5.91 Å². The van der Waals surface area contributed by atoms with Crippen LogP contribution < -0.4 is 10.6 Å². The van der Waals surface area contributed by atoms with Crippen molar-refractivity contribution in [3.05, 3.63) is 30.1 Å². The Balaban J connectivity index is 1.80. The van der Waals surface area contributed by atoms with Crippen LogP contribution in [0.25, 0.3) is 0 Å².